The number of hydrogen-bond donors (Lipinski definition) is 1. The smallest absolute Gasteiger partial charge is 0.122 e. The summed E-state index contributed by atoms with van der Waals surface area (Å²) in [4.78, 5) is 0. The Hall–Kier alpha value is -1.02. The van der Waals surface area contributed by atoms with Gasteiger partial charge >= 0.3 is 0 Å². The van der Waals surface area contributed by atoms with Crippen molar-refractivity contribution in [2.75, 3.05) is 7.11 Å². The molecule has 2 nitrogen and oxygen atoms in total. The van der Waals surface area contributed by atoms with Crippen LogP contribution in [0.5, 0.6) is 5.75 Å². The maximum Gasteiger partial charge on any atom is 0.122 e. The molecule has 1 aliphatic rings. The molecule has 0 saturated heterocycles. The molecule has 1 aliphatic carbocycles. The molecule has 1 N–H and O–H groups in total. The fourth-order valence-electron chi connectivity index (χ4n) is 2.45. The van der Waals surface area contributed by atoms with E-state index >= 15 is 0 Å². The van der Waals surface area contributed by atoms with Crippen LogP contribution in [0, 0.1) is 0 Å². The zero-order valence-corrected chi connectivity index (χ0v) is 9.15. The lowest BCUT2D eigenvalue weighted by Gasteiger charge is -2.27. The van der Waals surface area contributed by atoms with Crippen LogP contribution in [0.2, 0.25) is 0 Å². The summed E-state index contributed by atoms with van der Waals surface area (Å²) < 4.78 is 5.35. The predicted octanol–water partition coefficient (Wildman–Crippen LogP) is 2.71. The molecule has 0 aliphatic heterocycles. The average Bonchev–Trinajstić information content (AvgIpc) is 2.29. The first-order chi connectivity index (χ1) is 7.31. The van der Waals surface area contributed by atoms with Crippen LogP contribution in [-0.2, 0) is 0 Å². The number of rotatable bonds is 2. The van der Waals surface area contributed by atoms with Gasteiger partial charge in [-0.25, -0.2) is 0 Å². The highest BCUT2D eigenvalue weighted by Gasteiger charge is 2.23. The lowest BCUT2D eigenvalue weighted by Crippen LogP contribution is -2.18. The van der Waals surface area contributed by atoms with Crippen LogP contribution < -0.4 is 4.74 Å². The minimum absolute atomic E-state index is 0.131. The first-order valence-corrected chi connectivity index (χ1v) is 5.62. The lowest BCUT2D eigenvalue weighted by molar-refractivity contribution is 0.119. The average molecular weight is 206 g/mol. The number of methoxy groups -OCH3 is 1. The van der Waals surface area contributed by atoms with E-state index in [9.17, 15) is 5.11 Å². The third-order valence-electron chi connectivity index (χ3n) is 3.23. The van der Waals surface area contributed by atoms with Gasteiger partial charge < -0.3 is 9.84 Å². The number of aliphatic hydroxyl groups excluding tert-OH is 1. The summed E-state index contributed by atoms with van der Waals surface area (Å²) in [6, 6.07) is 8.14. The first kappa shape index (κ1) is 10.5. The van der Waals surface area contributed by atoms with E-state index in [2.05, 4.69) is 6.07 Å². The van der Waals surface area contributed by atoms with Crippen LogP contribution in [0.1, 0.15) is 37.2 Å². The molecular weight excluding hydrogens is 188 g/mol. The van der Waals surface area contributed by atoms with Crippen LogP contribution in [-0.4, -0.2) is 18.3 Å². The number of benzene rings is 1. The Morgan fingerprint density at radius 2 is 2.07 bits per heavy atom. The molecule has 2 unspecified atom stereocenters. The molecule has 1 saturated carbocycles. The van der Waals surface area contributed by atoms with Crippen molar-refractivity contribution in [1.82, 2.24) is 0 Å². The van der Waals surface area contributed by atoms with E-state index in [0.717, 1.165) is 31.4 Å². The van der Waals surface area contributed by atoms with Gasteiger partial charge in [0.25, 0.3) is 0 Å². The third-order valence-corrected chi connectivity index (χ3v) is 3.23. The second kappa shape index (κ2) is 4.67. The van der Waals surface area contributed by atoms with Gasteiger partial charge in [-0.1, -0.05) is 24.6 Å². The summed E-state index contributed by atoms with van der Waals surface area (Å²) in [5, 5.41) is 9.66. The van der Waals surface area contributed by atoms with Crippen molar-refractivity contribution in [1.29, 1.82) is 0 Å². The monoisotopic (exact) mass is 206 g/mol. The molecule has 1 fully saturated rings. The number of para-hydroxylation sites is 1. The Morgan fingerprint density at radius 3 is 2.80 bits per heavy atom. The quantitative estimate of drug-likeness (QED) is 0.806. The molecule has 15 heavy (non-hydrogen) atoms. The van der Waals surface area contributed by atoms with Crippen LogP contribution in [0.25, 0.3) is 0 Å². The van der Waals surface area contributed by atoms with E-state index in [1.54, 1.807) is 7.11 Å². The third kappa shape index (κ3) is 2.32. The maximum atomic E-state index is 9.66. The molecule has 2 rings (SSSR count). The number of aliphatic hydroxyl groups is 1. The first-order valence-electron chi connectivity index (χ1n) is 5.62. The zero-order chi connectivity index (χ0) is 10.7. The second-order valence-electron chi connectivity index (χ2n) is 4.26. The van der Waals surface area contributed by atoms with Crippen molar-refractivity contribution >= 4 is 0 Å². The largest absolute Gasteiger partial charge is 0.496 e. The summed E-state index contributed by atoms with van der Waals surface area (Å²) >= 11 is 0. The Bertz CT molecular complexity index is 322. The Kier molecular flexibility index (Phi) is 3.27. The SMILES string of the molecule is COc1ccccc1C1CCCC(O)C1. The van der Waals surface area contributed by atoms with Crippen molar-refractivity contribution < 1.29 is 9.84 Å². The highest BCUT2D eigenvalue weighted by molar-refractivity contribution is 5.36. The molecule has 1 aromatic carbocycles. The summed E-state index contributed by atoms with van der Waals surface area (Å²) in [5.74, 6) is 1.42. The van der Waals surface area contributed by atoms with E-state index in [0.29, 0.717) is 5.92 Å². The van der Waals surface area contributed by atoms with E-state index in [1.807, 2.05) is 18.2 Å². The molecule has 0 aromatic heterocycles. The van der Waals surface area contributed by atoms with Gasteiger partial charge in [0.15, 0.2) is 0 Å². The Balaban J connectivity index is 2.20. The number of ether oxygens (including phenoxy) is 1. The van der Waals surface area contributed by atoms with Gasteiger partial charge in [0.2, 0.25) is 0 Å². The minimum Gasteiger partial charge on any atom is -0.496 e. The molecule has 2 atom stereocenters. The molecule has 1 aromatic rings. The van der Waals surface area contributed by atoms with Gasteiger partial charge in [0.05, 0.1) is 13.2 Å². The normalized spacial score (nSPS) is 26.3. The number of hydrogen-bond acceptors (Lipinski definition) is 2. The van der Waals surface area contributed by atoms with Crippen LogP contribution >= 0.6 is 0 Å². The van der Waals surface area contributed by atoms with Crippen molar-refractivity contribution in [3.8, 4) is 5.75 Å². The minimum atomic E-state index is -0.131. The van der Waals surface area contributed by atoms with Gasteiger partial charge in [-0.05, 0) is 36.8 Å². The van der Waals surface area contributed by atoms with E-state index in [1.165, 1.54) is 5.56 Å². The van der Waals surface area contributed by atoms with Crippen LogP contribution in [0.4, 0.5) is 0 Å². The Labute approximate surface area is 90.9 Å². The molecule has 82 valence electrons. The van der Waals surface area contributed by atoms with Crippen LogP contribution in [0.15, 0.2) is 24.3 Å². The highest BCUT2D eigenvalue weighted by Crippen LogP contribution is 2.37. The fraction of sp³-hybridized carbons (Fsp3) is 0.538. The van der Waals surface area contributed by atoms with Gasteiger partial charge in [-0.15, -0.1) is 0 Å². The van der Waals surface area contributed by atoms with E-state index < -0.39 is 0 Å². The van der Waals surface area contributed by atoms with Crippen molar-refractivity contribution in [2.24, 2.45) is 0 Å². The van der Waals surface area contributed by atoms with Gasteiger partial charge in [-0.2, -0.15) is 0 Å². The fourth-order valence-corrected chi connectivity index (χ4v) is 2.45. The molecule has 2 heteroatoms. The molecule has 0 heterocycles. The van der Waals surface area contributed by atoms with E-state index in [4.69, 9.17) is 4.74 Å². The maximum absolute atomic E-state index is 9.66. The van der Waals surface area contributed by atoms with E-state index in [-0.39, 0.29) is 6.10 Å². The van der Waals surface area contributed by atoms with Gasteiger partial charge in [0.1, 0.15) is 5.75 Å². The molecular formula is C13H18O2. The zero-order valence-electron chi connectivity index (χ0n) is 9.15. The highest BCUT2D eigenvalue weighted by atomic mass is 16.5. The lowest BCUT2D eigenvalue weighted by atomic mass is 9.82. The Morgan fingerprint density at radius 1 is 1.27 bits per heavy atom. The van der Waals surface area contributed by atoms with Crippen molar-refractivity contribution in [3.05, 3.63) is 29.8 Å². The van der Waals surface area contributed by atoms with Crippen molar-refractivity contribution in [3.63, 3.8) is 0 Å². The summed E-state index contributed by atoms with van der Waals surface area (Å²) in [6.45, 7) is 0. The summed E-state index contributed by atoms with van der Waals surface area (Å²) in [6.07, 6.45) is 3.97. The molecule has 0 bridgehead atoms. The summed E-state index contributed by atoms with van der Waals surface area (Å²) in [5.41, 5.74) is 1.25. The predicted molar refractivity (Wildman–Crippen MR) is 60.2 cm³/mol. The molecule has 0 spiro atoms. The second-order valence-corrected chi connectivity index (χ2v) is 4.26. The molecule has 0 radical (unpaired) electrons. The van der Waals surface area contributed by atoms with Gasteiger partial charge in [0, 0.05) is 0 Å². The topological polar surface area (TPSA) is 29.5 Å². The summed E-state index contributed by atoms with van der Waals surface area (Å²) in [7, 11) is 1.71. The molecule has 0 amide bonds. The standard InChI is InChI=1S/C13H18O2/c1-15-13-8-3-2-7-12(13)10-5-4-6-11(14)9-10/h2-3,7-8,10-11,14H,4-6,9H2,1H3. The van der Waals surface area contributed by atoms with Crippen molar-refractivity contribution in [2.45, 2.75) is 37.7 Å². The van der Waals surface area contributed by atoms with Crippen LogP contribution in [0.3, 0.4) is 0 Å². The van der Waals surface area contributed by atoms with Gasteiger partial charge in [-0.3, -0.25) is 0 Å².